The highest BCUT2D eigenvalue weighted by Gasteiger charge is 2.37. The first-order chi connectivity index (χ1) is 7.50. The van der Waals surface area contributed by atoms with Crippen molar-refractivity contribution in [2.45, 2.75) is 25.7 Å². The minimum atomic E-state index is -1.49. The monoisotopic (exact) mass is 222 g/mol. The predicted octanol–water partition coefficient (Wildman–Crippen LogP) is -0.313. The highest BCUT2D eigenvalue weighted by molar-refractivity contribution is 6.20. The molecule has 5 nitrogen and oxygen atoms in total. The summed E-state index contributed by atoms with van der Waals surface area (Å²) in [6, 6.07) is 0. The first-order valence-corrected chi connectivity index (χ1v) is 4.84. The van der Waals surface area contributed by atoms with Crippen molar-refractivity contribution in [2.75, 3.05) is 0 Å². The Kier molecular flexibility index (Phi) is 2.57. The van der Waals surface area contributed by atoms with Crippen LogP contribution in [0.15, 0.2) is 23.3 Å². The maximum Gasteiger partial charge on any atom is 0.187 e. The number of ketones is 3. The molecule has 0 aromatic rings. The zero-order valence-electron chi connectivity index (χ0n) is 8.60. The Bertz CT molecular complexity index is 443. The summed E-state index contributed by atoms with van der Waals surface area (Å²) in [7, 11) is 0. The van der Waals surface area contributed by atoms with Crippen molar-refractivity contribution in [1.82, 2.24) is 0 Å². The standard InChI is InChI=1S/C11H10O5/c1-5(12)9-4-6-7(13)2-3-8(14)10(6)11(15)16-9/h2-3,9,11,15H,4H2,1H3/t9-,11-/m0/s1. The first kappa shape index (κ1) is 10.9. The van der Waals surface area contributed by atoms with Crippen LogP contribution in [-0.2, 0) is 19.1 Å². The number of allylic oxidation sites excluding steroid dienone is 2. The van der Waals surface area contributed by atoms with Crippen LogP contribution in [-0.4, -0.2) is 34.9 Å². The molecule has 16 heavy (non-hydrogen) atoms. The second-order valence-electron chi connectivity index (χ2n) is 3.75. The lowest BCUT2D eigenvalue weighted by Crippen LogP contribution is -2.39. The number of aliphatic hydroxyl groups excluding tert-OH is 1. The Morgan fingerprint density at radius 1 is 1.38 bits per heavy atom. The van der Waals surface area contributed by atoms with Gasteiger partial charge in [0.25, 0.3) is 0 Å². The fourth-order valence-electron chi connectivity index (χ4n) is 1.80. The molecule has 1 aliphatic heterocycles. The Morgan fingerprint density at radius 3 is 2.62 bits per heavy atom. The molecule has 0 bridgehead atoms. The Hall–Kier alpha value is -1.59. The van der Waals surface area contributed by atoms with Gasteiger partial charge in [0.2, 0.25) is 0 Å². The lowest BCUT2D eigenvalue weighted by molar-refractivity contribution is -0.155. The zero-order valence-corrected chi connectivity index (χ0v) is 8.60. The van der Waals surface area contributed by atoms with E-state index < -0.39 is 18.2 Å². The van der Waals surface area contributed by atoms with E-state index in [1.165, 1.54) is 6.92 Å². The molecule has 0 aromatic carbocycles. The minimum Gasteiger partial charge on any atom is -0.364 e. The Balaban J connectivity index is 2.41. The number of rotatable bonds is 1. The van der Waals surface area contributed by atoms with Gasteiger partial charge in [-0.2, -0.15) is 0 Å². The molecule has 0 saturated carbocycles. The van der Waals surface area contributed by atoms with Gasteiger partial charge < -0.3 is 9.84 Å². The molecular weight excluding hydrogens is 212 g/mol. The Morgan fingerprint density at radius 2 is 2.00 bits per heavy atom. The zero-order chi connectivity index (χ0) is 11.9. The highest BCUT2D eigenvalue weighted by Crippen LogP contribution is 2.29. The smallest absolute Gasteiger partial charge is 0.187 e. The normalized spacial score (nSPS) is 29.4. The average Bonchev–Trinajstić information content (AvgIpc) is 2.22. The maximum absolute atomic E-state index is 11.5. The third-order valence-corrected chi connectivity index (χ3v) is 2.66. The number of Topliss-reactive ketones (excluding diaryl/α,β-unsaturated/α-hetero) is 1. The second-order valence-corrected chi connectivity index (χ2v) is 3.75. The molecule has 5 heteroatoms. The van der Waals surface area contributed by atoms with Crippen LogP contribution in [0.25, 0.3) is 0 Å². The van der Waals surface area contributed by atoms with Crippen LogP contribution in [0.5, 0.6) is 0 Å². The van der Waals surface area contributed by atoms with Gasteiger partial charge in [-0.05, 0) is 19.1 Å². The fraction of sp³-hybridized carbons (Fsp3) is 0.364. The lowest BCUT2D eigenvalue weighted by atomic mass is 9.87. The molecule has 1 heterocycles. The third kappa shape index (κ3) is 1.64. The summed E-state index contributed by atoms with van der Waals surface area (Å²) in [4.78, 5) is 34.1. The molecular formula is C11H10O5. The summed E-state index contributed by atoms with van der Waals surface area (Å²) in [5.74, 6) is -1.06. The largest absolute Gasteiger partial charge is 0.364 e. The maximum atomic E-state index is 11.5. The van der Waals surface area contributed by atoms with Gasteiger partial charge in [-0.1, -0.05) is 0 Å². The molecule has 1 N–H and O–H groups in total. The summed E-state index contributed by atoms with van der Waals surface area (Å²) in [5, 5.41) is 9.57. The molecule has 2 rings (SSSR count). The molecule has 0 unspecified atom stereocenters. The molecule has 0 fully saturated rings. The van der Waals surface area contributed by atoms with E-state index in [4.69, 9.17) is 4.74 Å². The van der Waals surface area contributed by atoms with Gasteiger partial charge in [0.15, 0.2) is 23.6 Å². The van der Waals surface area contributed by atoms with Gasteiger partial charge in [0.05, 0.1) is 5.57 Å². The number of carbonyl (C=O) groups excluding carboxylic acids is 3. The van der Waals surface area contributed by atoms with Crippen LogP contribution in [0.1, 0.15) is 13.3 Å². The highest BCUT2D eigenvalue weighted by atomic mass is 16.6. The van der Waals surface area contributed by atoms with Gasteiger partial charge in [-0.3, -0.25) is 14.4 Å². The average molecular weight is 222 g/mol. The van der Waals surface area contributed by atoms with Crippen molar-refractivity contribution in [1.29, 1.82) is 0 Å². The van der Waals surface area contributed by atoms with Crippen molar-refractivity contribution < 1.29 is 24.2 Å². The van der Waals surface area contributed by atoms with E-state index in [1.807, 2.05) is 0 Å². The molecule has 2 atom stereocenters. The van der Waals surface area contributed by atoms with Gasteiger partial charge in [-0.25, -0.2) is 0 Å². The summed E-state index contributed by atoms with van der Waals surface area (Å²) in [6.45, 7) is 1.31. The number of hydrogen-bond donors (Lipinski definition) is 1. The summed E-state index contributed by atoms with van der Waals surface area (Å²) >= 11 is 0. The number of carbonyl (C=O) groups is 3. The van der Waals surface area contributed by atoms with Crippen LogP contribution in [0.4, 0.5) is 0 Å². The van der Waals surface area contributed by atoms with Crippen molar-refractivity contribution >= 4 is 17.3 Å². The van der Waals surface area contributed by atoms with E-state index in [0.717, 1.165) is 12.2 Å². The van der Waals surface area contributed by atoms with Crippen LogP contribution < -0.4 is 0 Å². The van der Waals surface area contributed by atoms with Crippen LogP contribution in [0, 0.1) is 0 Å². The quantitative estimate of drug-likeness (QED) is 0.615. The molecule has 0 radical (unpaired) electrons. The SMILES string of the molecule is CC(=O)[C@@H]1CC2=C(C(=O)C=CC2=O)[C@@H](O)O1. The van der Waals surface area contributed by atoms with Crippen molar-refractivity contribution in [3.8, 4) is 0 Å². The summed E-state index contributed by atoms with van der Waals surface area (Å²) in [6.07, 6.45) is -0.0365. The van der Waals surface area contributed by atoms with Crippen LogP contribution >= 0.6 is 0 Å². The van der Waals surface area contributed by atoms with Gasteiger partial charge in [0.1, 0.15) is 6.10 Å². The van der Waals surface area contributed by atoms with Gasteiger partial charge >= 0.3 is 0 Å². The van der Waals surface area contributed by atoms with E-state index in [2.05, 4.69) is 0 Å². The van der Waals surface area contributed by atoms with Crippen LogP contribution in [0.3, 0.4) is 0 Å². The van der Waals surface area contributed by atoms with Gasteiger partial charge in [0, 0.05) is 12.0 Å². The summed E-state index contributed by atoms with van der Waals surface area (Å²) in [5.41, 5.74) is 0.149. The molecule has 2 aliphatic rings. The molecule has 0 saturated heterocycles. The lowest BCUT2D eigenvalue weighted by Gasteiger charge is -2.29. The Labute approximate surface area is 91.4 Å². The minimum absolute atomic E-state index is 0.0370. The topological polar surface area (TPSA) is 80.7 Å². The molecule has 0 spiro atoms. The first-order valence-electron chi connectivity index (χ1n) is 4.84. The van der Waals surface area contributed by atoms with Crippen molar-refractivity contribution in [2.24, 2.45) is 0 Å². The van der Waals surface area contributed by atoms with Crippen molar-refractivity contribution in [3.05, 3.63) is 23.3 Å². The fourth-order valence-corrected chi connectivity index (χ4v) is 1.80. The second kappa shape index (κ2) is 3.77. The molecule has 0 amide bonds. The summed E-state index contributed by atoms with van der Waals surface area (Å²) < 4.78 is 4.98. The third-order valence-electron chi connectivity index (χ3n) is 2.66. The van der Waals surface area contributed by atoms with Crippen LogP contribution in [0.2, 0.25) is 0 Å². The van der Waals surface area contributed by atoms with E-state index in [-0.39, 0.29) is 29.1 Å². The van der Waals surface area contributed by atoms with E-state index in [0.29, 0.717) is 0 Å². The molecule has 0 aromatic heterocycles. The number of aliphatic hydroxyl groups is 1. The van der Waals surface area contributed by atoms with E-state index in [9.17, 15) is 19.5 Å². The van der Waals surface area contributed by atoms with Gasteiger partial charge in [-0.15, -0.1) is 0 Å². The molecule has 84 valence electrons. The molecule has 1 aliphatic carbocycles. The van der Waals surface area contributed by atoms with E-state index in [1.54, 1.807) is 0 Å². The number of ether oxygens (including phenoxy) is 1. The predicted molar refractivity (Wildman–Crippen MR) is 52.4 cm³/mol. The van der Waals surface area contributed by atoms with E-state index >= 15 is 0 Å². The van der Waals surface area contributed by atoms with Crippen molar-refractivity contribution in [3.63, 3.8) is 0 Å². The number of hydrogen-bond acceptors (Lipinski definition) is 5.